The van der Waals surface area contributed by atoms with E-state index in [1.807, 2.05) is 54.6 Å². The Balaban J connectivity index is 1.41. The van der Waals surface area contributed by atoms with E-state index in [9.17, 15) is 9.59 Å². The lowest BCUT2D eigenvalue weighted by Crippen LogP contribution is -2.43. The van der Waals surface area contributed by atoms with E-state index in [0.717, 1.165) is 16.8 Å². The standard InChI is InChI=1S/C21H19N3O3/c25-20-18(11-10-15-8-4-5-9-17(15)22-20)23-21(26)19-13-16(27-24-19)12-14-6-2-1-3-7-14/h1-9,13,18H,10-12H2,(H,22,25)(H,23,26). The normalized spacial score (nSPS) is 16.1. The van der Waals surface area contributed by atoms with Gasteiger partial charge in [-0.2, -0.15) is 0 Å². The van der Waals surface area contributed by atoms with Crippen LogP contribution in [0.4, 0.5) is 5.69 Å². The minimum atomic E-state index is -0.612. The Bertz CT molecular complexity index is 966. The van der Waals surface area contributed by atoms with Gasteiger partial charge in [0.25, 0.3) is 5.91 Å². The van der Waals surface area contributed by atoms with Crippen LogP contribution in [0.5, 0.6) is 0 Å². The summed E-state index contributed by atoms with van der Waals surface area (Å²) >= 11 is 0. The molecule has 6 heteroatoms. The summed E-state index contributed by atoms with van der Waals surface area (Å²) in [6, 6.07) is 18.5. The van der Waals surface area contributed by atoms with Crippen LogP contribution in [0.3, 0.4) is 0 Å². The van der Waals surface area contributed by atoms with Crippen molar-refractivity contribution in [2.75, 3.05) is 5.32 Å². The fourth-order valence-electron chi connectivity index (χ4n) is 3.18. The highest BCUT2D eigenvalue weighted by Crippen LogP contribution is 2.21. The average molecular weight is 361 g/mol. The molecular weight excluding hydrogens is 342 g/mol. The maximum Gasteiger partial charge on any atom is 0.274 e. The van der Waals surface area contributed by atoms with Crippen LogP contribution in [-0.4, -0.2) is 23.0 Å². The minimum absolute atomic E-state index is 0.176. The van der Waals surface area contributed by atoms with Gasteiger partial charge in [0, 0.05) is 18.2 Å². The lowest BCUT2D eigenvalue weighted by atomic mass is 10.1. The zero-order valence-electron chi connectivity index (χ0n) is 14.6. The molecule has 3 aromatic rings. The third kappa shape index (κ3) is 3.89. The van der Waals surface area contributed by atoms with E-state index in [1.165, 1.54) is 0 Å². The quantitative estimate of drug-likeness (QED) is 0.748. The highest BCUT2D eigenvalue weighted by molar-refractivity contribution is 6.01. The molecule has 0 bridgehead atoms. The molecule has 0 aliphatic carbocycles. The van der Waals surface area contributed by atoms with Crippen molar-refractivity contribution < 1.29 is 14.1 Å². The second-order valence-corrected chi connectivity index (χ2v) is 6.55. The maximum absolute atomic E-state index is 12.5. The second kappa shape index (κ2) is 7.45. The van der Waals surface area contributed by atoms with E-state index in [1.54, 1.807) is 6.07 Å². The highest BCUT2D eigenvalue weighted by atomic mass is 16.5. The van der Waals surface area contributed by atoms with Gasteiger partial charge >= 0.3 is 0 Å². The molecule has 0 saturated carbocycles. The smallest absolute Gasteiger partial charge is 0.274 e. The van der Waals surface area contributed by atoms with Crippen molar-refractivity contribution in [3.05, 3.63) is 83.2 Å². The Morgan fingerprint density at radius 3 is 2.78 bits per heavy atom. The van der Waals surface area contributed by atoms with Gasteiger partial charge in [-0.25, -0.2) is 0 Å². The van der Waals surface area contributed by atoms with Gasteiger partial charge in [0.05, 0.1) is 0 Å². The molecule has 0 fully saturated rings. The van der Waals surface area contributed by atoms with Crippen LogP contribution in [0.25, 0.3) is 0 Å². The number of fused-ring (bicyclic) bond motifs is 1. The van der Waals surface area contributed by atoms with Crippen LogP contribution in [0, 0.1) is 0 Å². The van der Waals surface area contributed by atoms with Crippen molar-refractivity contribution in [2.45, 2.75) is 25.3 Å². The van der Waals surface area contributed by atoms with Gasteiger partial charge in [0.2, 0.25) is 5.91 Å². The Morgan fingerprint density at radius 2 is 1.93 bits per heavy atom. The Labute approximate surface area is 156 Å². The number of anilines is 1. The van der Waals surface area contributed by atoms with E-state index < -0.39 is 11.9 Å². The minimum Gasteiger partial charge on any atom is -0.360 e. The SMILES string of the molecule is O=C(NC1CCc2ccccc2NC1=O)c1cc(Cc2ccccc2)on1. The number of carbonyl (C=O) groups excluding carboxylic acids is 2. The fourth-order valence-corrected chi connectivity index (χ4v) is 3.18. The maximum atomic E-state index is 12.5. The summed E-state index contributed by atoms with van der Waals surface area (Å²) in [5, 5.41) is 9.48. The second-order valence-electron chi connectivity index (χ2n) is 6.55. The summed E-state index contributed by atoms with van der Waals surface area (Å²) in [7, 11) is 0. The number of carbonyl (C=O) groups is 2. The Morgan fingerprint density at radius 1 is 1.15 bits per heavy atom. The molecule has 136 valence electrons. The topological polar surface area (TPSA) is 84.2 Å². The van der Waals surface area contributed by atoms with Crippen LogP contribution in [-0.2, 0) is 17.6 Å². The van der Waals surface area contributed by atoms with Gasteiger partial charge in [0.1, 0.15) is 11.8 Å². The number of rotatable bonds is 4. The summed E-state index contributed by atoms with van der Waals surface area (Å²) in [5.74, 6) is -0.0328. The largest absolute Gasteiger partial charge is 0.360 e. The van der Waals surface area contributed by atoms with Crippen molar-refractivity contribution in [1.82, 2.24) is 10.5 Å². The monoisotopic (exact) mass is 361 g/mol. The lowest BCUT2D eigenvalue weighted by molar-refractivity contribution is -0.118. The van der Waals surface area contributed by atoms with Crippen molar-refractivity contribution >= 4 is 17.5 Å². The van der Waals surface area contributed by atoms with Gasteiger partial charge in [-0.1, -0.05) is 53.7 Å². The summed E-state index contributed by atoms with van der Waals surface area (Å²) in [5.41, 5.74) is 3.11. The number of amides is 2. The third-order valence-corrected chi connectivity index (χ3v) is 4.61. The molecule has 6 nitrogen and oxygen atoms in total. The first-order valence-electron chi connectivity index (χ1n) is 8.88. The molecule has 0 radical (unpaired) electrons. The molecule has 1 aromatic heterocycles. The van der Waals surface area contributed by atoms with Crippen LogP contribution in [0.1, 0.15) is 33.8 Å². The molecule has 1 aliphatic rings. The molecule has 0 spiro atoms. The fraction of sp³-hybridized carbons (Fsp3) is 0.190. The molecule has 4 rings (SSSR count). The van der Waals surface area contributed by atoms with E-state index in [-0.39, 0.29) is 11.6 Å². The number of hydrogen-bond donors (Lipinski definition) is 2. The summed E-state index contributed by atoms with van der Waals surface area (Å²) in [6.45, 7) is 0. The van der Waals surface area contributed by atoms with E-state index in [0.29, 0.717) is 25.0 Å². The van der Waals surface area contributed by atoms with Crippen molar-refractivity contribution in [3.8, 4) is 0 Å². The van der Waals surface area contributed by atoms with Gasteiger partial charge < -0.3 is 15.2 Å². The Kier molecular flexibility index (Phi) is 4.70. The van der Waals surface area contributed by atoms with E-state index in [4.69, 9.17) is 4.52 Å². The molecule has 27 heavy (non-hydrogen) atoms. The number of nitrogens with one attached hydrogen (secondary N) is 2. The summed E-state index contributed by atoms with van der Waals surface area (Å²) in [6.07, 6.45) is 1.79. The molecule has 2 heterocycles. The first-order chi connectivity index (χ1) is 13.2. The number of benzene rings is 2. The summed E-state index contributed by atoms with van der Waals surface area (Å²) < 4.78 is 5.27. The average Bonchev–Trinajstić information content (AvgIpc) is 3.09. The Hall–Kier alpha value is -3.41. The summed E-state index contributed by atoms with van der Waals surface area (Å²) in [4.78, 5) is 24.9. The molecular formula is C21H19N3O3. The van der Waals surface area contributed by atoms with Gasteiger partial charge in [0.15, 0.2) is 5.69 Å². The van der Waals surface area contributed by atoms with Crippen molar-refractivity contribution in [1.29, 1.82) is 0 Å². The zero-order valence-corrected chi connectivity index (χ0v) is 14.6. The van der Waals surface area contributed by atoms with E-state index >= 15 is 0 Å². The molecule has 2 aromatic carbocycles. The predicted octanol–water partition coefficient (Wildman–Crippen LogP) is 2.95. The number of para-hydroxylation sites is 1. The molecule has 2 N–H and O–H groups in total. The predicted molar refractivity (Wildman–Crippen MR) is 100 cm³/mol. The number of hydrogen-bond acceptors (Lipinski definition) is 4. The van der Waals surface area contributed by atoms with Crippen LogP contribution >= 0.6 is 0 Å². The third-order valence-electron chi connectivity index (χ3n) is 4.61. The molecule has 1 aliphatic heterocycles. The van der Waals surface area contributed by atoms with Crippen molar-refractivity contribution in [2.24, 2.45) is 0 Å². The van der Waals surface area contributed by atoms with Crippen LogP contribution < -0.4 is 10.6 Å². The van der Waals surface area contributed by atoms with Crippen LogP contribution in [0.2, 0.25) is 0 Å². The molecule has 0 saturated heterocycles. The lowest BCUT2D eigenvalue weighted by Gasteiger charge is -2.14. The molecule has 2 amide bonds. The van der Waals surface area contributed by atoms with Gasteiger partial charge in [-0.15, -0.1) is 0 Å². The molecule has 1 unspecified atom stereocenters. The number of aromatic nitrogens is 1. The van der Waals surface area contributed by atoms with Gasteiger partial charge in [-0.3, -0.25) is 9.59 Å². The first-order valence-corrected chi connectivity index (χ1v) is 8.88. The number of nitrogens with zero attached hydrogens (tertiary/aromatic N) is 1. The van der Waals surface area contributed by atoms with E-state index in [2.05, 4.69) is 15.8 Å². The molecule has 1 atom stereocenters. The highest BCUT2D eigenvalue weighted by Gasteiger charge is 2.26. The van der Waals surface area contributed by atoms with Crippen LogP contribution in [0.15, 0.2) is 65.2 Å². The van der Waals surface area contributed by atoms with Crippen molar-refractivity contribution in [3.63, 3.8) is 0 Å². The zero-order chi connectivity index (χ0) is 18.6. The number of aryl methyl sites for hydroxylation is 1. The first kappa shape index (κ1) is 17.0. The van der Waals surface area contributed by atoms with Gasteiger partial charge in [-0.05, 0) is 30.0 Å².